The molecule has 17 heavy (non-hydrogen) atoms. The first-order valence-corrected chi connectivity index (χ1v) is 6.87. The van der Waals surface area contributed by atoms with Gasteiger partial charge in [-0.25, -0.2) is 0 Å². The minimum absolute atomic E-state index is 0.836. The molecule has 0 aliphatic rings. The van der Waals surface area contributed by atoms with Gasteiger partial charge in [0, 0.05) is 18.9 Å². The van der Waals surface area contributed by atoms with Crippen LogP contribution in [0.5, 0.6) is 0 Å². The van der Waals surface area contributed by atoms with Gasteiger partial charge in [-0.2, -0.15) is 0 Å². The standard InChI is InChI=1S/C15H26N2/c1-4-10-17(11-8-14(3)5-2)13-15-7-6-9-16-12-15/h6-7,9,12,14H,4-5,8,10-11,13H2,1-3H3. The maximum Gasteiger partial charge on any atom is 0.0312 e. The summed E-state index contributed by atoms with van der Waals surface area (Å²) in [5.74, 6) is 0.836. The quantitative estimate of drug-likeness (QED) is 0.681. The molecule has 1 aromatic heterocycles. The molecule has 0 spiro atoms. The minimum Gasteiger partial charge on any atom is -0.299 e. The van der Waals surface area contributed by atoms with Gasteiger partial charge in [-0.1, -0.05) is 33.3 Å². The molecule has 0 aliphatic heterocycles. The third kappa shape index (κ3) is 5.83. The highest BCUT2D eigenvalue weighted by Gasteiger charge is 2.07. The Hall–Kier alpha value is -0.890. The van der Waals surface area contributed by atoms with Crippen molar-refractivity contribution in [3.05, 3.63) is 30.1 Å². The highest BCUT2D eigenvalue weighted by atomic mass is 15.1. The zero-order chi connectivity index (χ0) is 12.5. The van der Waals surface area contributed by atoms with Gasteiger partial charge in [0.05, 0.1) is 0 Å². The third-order valence-electron chi connectivity index (χ3n) is 3.30. The molecule has 96 valence electrons. The van der Waals surface area contributed by atoms with Gasteiger partial charge in [-0.15, -0.1) is 0 Å². The first-order chi connectivity index (χ1) is 8.26. The lowest BCUT2D eigenvalue weighted by atomic mass is 10.0. The molecule has 0 aromatic carbocycles. The highest BCUT2D eigenvalue weighted by Crippen LogP contribution is 2.10. The third-order valence-corrected chi connectivity index (χ3v) is 3.30. The maximum atomic E-state index is 4.18. The average molecular weight is 234 g/mol. The molecule has 0 bridgehead atoms. The van der Waals surface area contributed by atoms with Crippen LogP contribution in [0, 0.1) is 5.92 Å². The summed E-state index contributed by atoms with van der Waals surface area (Å²) in [5, 5.41) is 0. The Bertz CT molecular complexity index is 284. The number of pyridine rings is 1. The largest absolute Gasteiger partial charge is 0.299 e. The fraction of sp³-hybridized carbons (Fsp3) is 0.667. The van der Waals surface area contributed by atoms with Crippen LogP contribution < -0.4 is 0 Å². The fourth-order valence-electron chi connectivity index (χ4n) is 1.94. The fourth-order valence-corrected chi connectivity index (χ4v) is 1.94. The van der Waals surface area contributed by atoms with Crippen LogP contribution in [-0.4, -0.2) is 23.0 Å². The Kier molecular flexibility index (Phi) is 6.87. The molecule has 0 radical (unpaired) electrons. The summed E-state index contributed by atoms with van der Waals surface area (Å²) in [7, 11) is 0. The summed E-state index contributed by atoms with van der Waals surface area (Å²) in [6, 6.07) is 4.19. The Labute approximate surface area is 106 Å². The van der Waals surface area contributed by atoms with Crippen LogP contribution in [0.2, 0.25) is 0 Å². The lowest BCUT2D eigenvalue weighted by Gasteiger charge is -2.23. The lowest BCUT2D eigenvalue weighted by Crippen LogP contribution is -2.26. The van der Waals surface area contributed by atoms with Crippen molar-refractivity contribution in [2.24, 2.45) is 5.92 Å². The minimum atomic E-state index is 0.836. The van der Waals surface area contributed by atoms with E-state index in [9.17, 15) is 0 Å². The van der Waals surface area contributed by atoms with Crippen molar-refractivity contribution in [3.63, 3.8) is 0 Å². The van der Waals surface area contributed by atoms with Crippen molar-refractivity contribution in [1.29, 1.82) is 0 Å². The summed E-state index contributed by atoms with van der Waals surface area (Å²) in [4.78, 5) is 6.73. The van der Waals surface area contributed by atoms with Gasteiger partial charge in [0.25, 0.3) is 0 Å². The van der Waals surface area contributed by atoms with E-state index in [1.807, 2.05) is 18.5 Å². The van der Waals surface area contributed by atoms with E-state index >= 15 is 0 Å². The predicted molar refractivity (Wildman–Crippen MR) is 73.9 cm³/mol. The normalized spacial score (nSPS) is 12.9. The van der Waals surface area contributed by atoms with E-state index in [0.717, 1.165) is 12.5 Å². The topological polar surface area (TPSA) is 16.1 Å². The van der Waals surface area contributed by atoms with Crippen molar-refractivity contribution in [2.75, 3.05) is 13.1 Å². The summed E-state index contributed by atoms with van der Waals surface area (Å²) >= 11 is 0. The first-order valence-electron chi connectivity index (χ1n) is 6.87. The molecule has 0 N–H and O–H groups in total. The summed E-state index contributed by atoms with van der Waals surface area (Å²) in [5.41, 5.74) is 1.32. The van der Waals surface area contributed by atoms with Crippen LogP contribution in [0.15, 0.2) is 24.5 Å². The van der Waals surface area contributed by atoms with Crippen LogP contribution in [-0.2, 0) is 6.54 Å². The van der Waals surface area contributed by atoms with Gasteiger partial charge in [0.2, 0.25) is 0 Å². The monoisotopic (exact) mass is 234 g/mol. The molecule has 0 saturated carbocycles. The maximum absolute atomic E-state index is 4.18. The smallest absolute Gasteiger partial charge is 0.0312 e. The van der Waals surface area contributed by atoms with Crippen LogP contribution in [0.1, 0.15) is 45.6 Å². The van der Waals surface area contributed by atoms with Gasteiger partial charge in [-0.05, 0) is 43.5 Å². The molecule has 1 rings (SSSR count). The number of hydrogen-bond acceptors (Lipinski definition) is 2. The van der Waals surface area contributed by atoms with E-state index < -0.39 is 0 Å². The first kappa shape index (κ1) is 14.2. The second-order valence-electron chi connectivity index (χ2n) is 4.94. The van der Waals surface area contributed by atoms with Gasteiger partial charge in [-0.3, -0.25) is 9.88 Å². The van der Waals surface area contributed by atoms with Crippen molar-refractivity contribution in [2.45, 2.75) is 46.6 Å². The molecule has 1 atom stereocenters. The van der Waals surface area contributed by atoms with Crippen molar-refractivity contribution in [3.8, 4) is 0 Å². The van der Waals surface area contributed by atoms with Gasteiger partial charge in [0.15, 0.2) is 0 Å². The lowest BCUT2D eigenvalue weighted by molar-refractivity contribution is 0.245. The van der Waals surface area contributed by atoms with E-state index in [0.29, 0.717) is 0 Å². The molecule has 0 fully saturated rings. The molecular formula is C15H26N2. The molecule has 0 aliphatic carbocycles. The highest BCUT2D eigenvalue weighted by molar-refractivity contribution is 5.08. The molecule has 2 heteroatoms. The van der Waals surface area contributed by atoms with Crippen molar-refractivity contribution < 1.29 is 0 Å². The zero-order valence-electron chi connectivity index (χ0n) is 11.5. The van der Waals surface area contributed by atoms with E-state index in [1.54, 1.807) is 0 Å². The summed E-state index contributed by atoms with van der Waals surface area (Å²) in [6.07, 6.45) is 7.63. The molecular weight excluding hydrogens is 208 g/mol. The van der Waals surface area contributed by atoms with Crippen molar-refractivity contribution >= 4 is 0 Å². The van der Waals surface area contributed by atoms with E-state index in [4.69, 9.17) is 0 Å². The van der Waals surface area contributed by atoms with Crippen LogP contribution in [0.25, 0.3) is 0 Å². The number of aromatic nitrogens is 1. The Morgan fingerprint density at radius 1 is 1.29 bits per heavy atom. The Balaban J connectivity index is 2.43. The number of hydrogen-bond donors (Lipinski definition) is 0. The summed E-state index contributed by atoms with van der Waals surface area (Å²) in [6.45, 7) is 10.3. The molecule has 0 saturated heterocycles. The Morgan fingerprint density at radius 2 is 2.12 bits per heavy atom. The second kappa shape index (κ2) is 8.24. The van der Waals surface area contributed by atoms with Gasteiger partial charge in [0.1, 0.15) is 0 Å². The molecule has 2 nitrogen and oxygen atoms in total. The van der Waals surface area contributed by atoms with Crippen LogP contribution in [0.4, 0.5) is 0 Å². The van der Waals surface area contributed by atoms with Crippen molar-refractivity contribution in [1.82, 2.24) is 9.88 Å². The van der Waals surface area contributed by atoms with E-state index in [2.05, 4.69) is 36.7 Å². The van der Waals surface area contributed by atoms with Gasteiger partial charge < -0.3 is 0 Å². The molecule has 0 amide bonds. The predicted octanol–water partition coefficient (Wildman–Crippen LogP) is 3.73. The van der Waals surface area contributed by atoms with Gasteiger partial charge >= 0.3 is 0 Å². The SMILES string of the molecule is CCCN(CCC(C)CC)Cc1cccnc1. The molecule has 1 aromatic rings. The molecule has 1 heterocycles. The zero-order valence-corrected chi connectivity index (χ0v) is 11.5. The second-order valence-corrected chi connectivity index (χ2v) is 4.94. The average Bonchev–Trinajstić information content (AvgIpc) is 2.37. The number of nitrogens with zero attached hydrogens (tertiary/aromatic N) is 2. The van der Waals surface area contributed by atoms with E-state index in [1.165, 1.54) is 37.9 Å². The Morgan fingerprint density at radius 3 is 2.71 bits per heavy atom. The van der Waals surface area contributed by atoms with Crippen LogP contribution in [0.3, 0.4) is 0 Å². The number of rotatable bonds is 8. The summed E-state index contributed by atoms with van der Waals surface area (Å²) < 4.78 is 0. The van der Waals surface area contributed by atoms with Crippen LogP contribution >= 0.6 is 0 Å². The molecule has 1 unspecified atom stereocenters. The van der Waals surface area contributed by atoms with E-state index in [-0.39, 0.29) is 0 Å².